The first-order valence-electron chi connectivity index (χ1n) is 9.43. The predicted molar refractivity (Wildman–Crippen MR) is 118 cm³/mol. The molecule has 8 heteroatoms. The molecular weight excluding hydrogens is 394 g/mol. The normalized spacial score (nSPS) is 11.5. The van der Waals surface area contributed by atoms with Crippen molar-refractivity contribution in [3.8, 4) is 33.1 Å². The summed E-state index contributed by atoms with van der Waals surface area (Å²) in [5, 5.41) is 8.38. The van der Waals surface area contributed by atoms with Crippen LogP contribution < -0.4 is 0 Å². The molecule has 6 rings (SSSR count). The lowest BCUT2D eigenvalue weighted by atomic mass is 10.1. The molecule has 0 fully saturated rings. The minimum Gasteiger partial charge on any atom is -0.321 e. The van der Waals surface area contributed by atoms with E-state index in [-0.39, 0.29) is 0 Å². The van der Waals surface area contributed by atoms with Gasteiger partial charge in [0.2, 0.25) is 0 Å². The van der Waals surface area contributed by atoms with Crippen molar-refractivity contribution in [1.82, 2.24) is 35.1 Å². The number of aromatic amines is 2. The van der Waals surface area contributed by atoms with Crippen molar-refractivity contribution in [1.29, 1.82) is 0 Å². The zero-order valence-corrected chi connectivity index (χ0v) is 16.7. The van der Waals surface area contributed by atoms with Crippen molar-refractivity contribution in [2.24, 2.45) is 0 Å². The Kier molecular flexibility index (Phi) is 3.72. The van der Waals surface area contributed by atoms with Crippen molar-refractivity contribution in [2.45, 2.75) is 6.92 Å². The van der Waals surface area contributed by atoms with E-state index in [2.05, 4.69) is 55.3 Å². The van der Waals surface area contributed by atoms with Crippen LogP contribution in [-0.4, -0.2) is 35.1 Å². The van der Waals surface area contributed by atoms with Crippen molar-refractivity contribution >= 4 is 33.5 Å². The third-order valence-electron chi connectivity index (χ3n) is 5.03. The Balaban J connectivity index is 1.52. The van der Waals surface area contributed by atoms with Gasteiger partial charge in [0, 0.05) is 51.2 Å². The van der Waals surface area contributed by atoms with Crippen LogP contribution in [-0.2, 0) is 0 Å². The Labute approximate surface area is 174 Å². The zero-order chi connectivity index (χ0) is 20.1. The number of nitrogens with one attached hydrogen (secondary N) is 2. The van der Waals surface area contributed by atoms with Gasteiger partial charge in [-0.05, 0) is 37.3 Å². The van der Waals surface area contributed by atoms with E-state index in [1.807, 2.05) is 30.6 Å². The molecule has 2 N–H and O–H groups in total. The van der Waals surface area contributed by atoms with E-state index in [0.29, 0.717) is 11.5 Å². The SMILES string of the molecule is Cc1ccc(-c2ccnc3[nH]c(-c4n[nH]c5ncc(-c6cccnc6)cc45)nc23)s1. The smallest absolute Gasteiger partial charge is 0.161 e. The summed E-state index contributed by atoms with van der Waals surface area (Å²) < 4.78 is 0. The first-order valence-corrected chi connectivity index (χ1v) is 10.2. The van der Waals surface area contributed by atoms with Gasteiger partial charge >= 0.3 is 0 Å². The molecule has 0 radical (unpaired) electrons. The second-order valence-electron chi connectivity index (χ2n) is 6.99. The average molecular weight is 409 g/mol. The average Bonchev–Trinajstić information content (AvgIpc) is 3.51. The summed E-state index contributed by atoms with van der Waals surface area (Å²) in [6, 6.07) is 12.2. The fraction of sp³-hybridized carbons (Fsp3) is 0.0455. The molecule has 30 heavy (non-hydrogen) atoms. The largest absolute Gasteiger partial charge is 0.321 e. The minimum absolute atomic E-state index is 0.662. The lowest BCUT2D eigenvalue weighted by molar-refractivity contribution is 1.09. The number of H-pyrrole nitrogens is 2. The molecule has 0 aliphatic heterocycles. The highest BCUT2D eigenvalue weighted by Crippen LogP contribution is 2.34. The van der Waals surface area contributed by atoms with E-state index in [1.165, 1.54) is 9.75 Å². The van der Waals surface area contributed by atoms with Crippen LogP contribution in [0.4, 0.5) is 0 Å². The van der Waals surface area contributed by atoms with Gasteiger partial charge in [0.15, 0.2) is 17.1 Å². The molecule has 0 aromatic carbocycles. The first kappa shape index (κ1) is 17.0. The van der Waals surface area contributed by atoms with Crippen LogP contribution >= 0.6 is 11.3 Å². The first-order chi connectivity index (χ1) is 14.8. The van der Waals surface area contributed by atoms with Crippen LogP contribution in [0, 0.1) is 6.92 Å². The zero-order valence-electron chi connectivity index (χ0n) is 15.9. The molecule has 144 valence electrons. The number of imidazole rings is 1. The Bertz CT molecular complexity index is 1510. The number of thiophene rings is 1. The van der Waals surface area contributed by atoms with Gasteiger partial charge in [-0.25, -0.2) is 15.0 Å². The molecule has 0 saturated heterocycles. The number of hydrogen-bond donors (Lipinski definition) is 2. The summed E-state index contributed by atoms with van der Waals surface area (Å²) in [4.78, 5) is 23.8. The van der Waals surface area contributed by atoms with Gasteiger partial charge in [0.1, 0.15) is 11.2 Å². The van der Waals surface area contributed by atoms with E-state index in [9.17, 15) is 0 Å². The van der Waals surface area contributed by atoms with Crippen LogP contribution in [0.25, 0.3) is 55.3 Å². The second-order valence-corrected chi connectivity index (χ2v) is 8.27. The lowest BCUT2D eigenvalue weighted by Gasteiger charge is -2.00. The van der Waals surface area contributed by atoms with Crippen LogP contribution in [0.1, 0.15) is 4.88 Å². The number of pyridine rings is 3. The number of nitrogens with zero attached hydrogens (tertiary/aromatic N) is 5. The monoisotopic (exact) mass is 409 g/mol. The van der Waals surface area contributed by atoms with E-state index in [0.717, 1.165) is 38.9 Å². The number of hydrogen-bond acceptors (Lipinski definition) is 6. The number of aryl methyl sites for hydroxylation is 1. The molecule has 0 aliphatic rings. The Morgan fingerprint density at radius 2 is 1.90 bits per heavy atom. The third kappa shape index (κ3) is 2.69. The van der Waals surface area contributed by atoms with Crippen molar-refractivity contribution in [2.75, 3.05) is 0 Å². The maximum atomic E-state index is 4.86. The summed E-state index contributed by atoms with van der Waals surface area (Å²) in [7, 11) is 0. The molecule has 0 unspecified atom stereocenters. The van der Waals surface area contributed by atoms with Gasteiger partial charge in [-0.1, -0.05) is 6.07 Å². The Hall–Kier alpha value is -3.91. The fourth-order valence-corrected chi connectivity index (χ4v) is 4.47. The highest BCUT2D eigenvalue weighted by Gasteiger charge is 2.17. The minimum atomic E-state index is 0.662. The van der Waals surface area contributed by atoms with E-state index < -0.39 is 0 Å². The van der Waals surface area contributed by atoms with Gasteiger partial charge in [-0.3, -0.25) is 10.1 Å². The summed E-state index contributed by atoms with van der Waals surface area (Å²) in [5.74, 6) is 0.662. The highest BCUT2D eigenvalue weighted by molar-refractivity contribution is 7.15. The van der Waals surface area contributed by atoms with Crippen molar-refractivity contribution in [3.05, 3.63) is 66.1 Å². The molecule has 7 nitrogen and oxygen atoms in total. The van der Waals surface area contributed by atoms with Crippen LogP contribution in [0.3, 0.4) is 0 Å². The summed E-state index contributed by atoms with van der Waals surface area (Å²) in [5.41, 5.74) is 6.04. The number of fused-ring (bicyclic) bond motifs is 2. The maximum Gasteiger partial charge on any atom is 0.161 e. The summed E-state index contributed by atoms with van der Waals surface area (Å²) >= 11 is 1.75. The molecule has 0 atom stereocenters. The van der Waals surface area contributed by atoms with Gasteiger partial charge < -0.3 is 4.98 Å². The predicted octanol–water partition coefficient (Wildman–Crippen LogP) is 5.00. The van der Waals surface area contributed by atoms with Gasteiger partial charge in [0.05, 0.1) is 5.39 Å². The fourth-order valence-electron chi connectivity index (χ4n) is 3.58. The van der Waals surface area contributed by atoms with Crippen LogP contribution in [0.15, 0.2) is 61.2 Å². The third-order valence-corrected chi connectivity index (χ3v) is 6.06. The molecule has 0 spiro atoms. The molecular formula is C22H15N7S. The van der Waals surface area contributed by atoms with E-state index >= 15 is 0 Å². The van der Waals surface area contributed by atoms with Gasteiger partial charge in [-0.15, -0.1) is 11.3 Å². The van der Waals surface area contributed by atoms with E-state index in [1.54, 1.807) is 23.7 Å². The van der Waals surface area contributed by atoms with Gasteiger partial charge in [-0.2, -0.15) is 5.10 Å². The number of aromatic nitrogens is 7. The topological polar surface area (TPSA) is 96.0 Å². The lowest BCUT2D eigenvalue weighted by Crippen LogP contribution is -1.84. The molecule has 0 amide bonds. The molecule has 0 saturated carbocycles. The molecule has 0 bridgehead atoms. The van der Waals surface area contributed by atoms with Crippen molar-refractivity contribution < 1.29 is 0 Å². The van der Waals surface area contributed by atoms with E-state index in [4.69, 9.17) is 4.98 Å². The van der Waals surface area contributed by atoms with Crippen LogP contribution in [0.2, 0.25) is 0 Å². The Morgan fingerprint density at radius 1 is 0.933 bits per heavy atom. The molecule has 6 aromatic heterocycles. The Morgan fingerprint density at radius 3 is 2.73 bits per heavy atom. The molecule has 0 aliphatic carbocycles. The maximum absolute atomic E-state index is 4.86. The quantitative estimate of drug-likeness (QED) is 0.429. The molecule has 6 aromatic rings. The number of rotatable bonds is 3. The van der Waals surface area contributed by atoms with Gasteiger partial charge in [0.25, 0.3) is 0 Å². The summed E-state index contributed by atoms with van der Waals surface area (Å²) in [6.45, 7) is 2.10. The van der Waals surface area contributed by atoms with Crippen molar-refractivity contribution in [3.63, 3.8) is 0 Å². The highest BCUT2D eigenvalue weighted by atomic mass is 32.1. The summed E-state index contributed by atoms with van der Waals surface area (Å²) in [6.07, 6.45) is 7.20. The van der Waals surface area contributed by atoms with Crippen LogP contribution in [0.5, 0.6) is 0 Å². The molecule has 6 heterocycles. The standard InChI is InChI=1S/C22H15N7S/c1-12-4-5-17(30-12)15-6-8-24-21-18(15)26-22(27-21)19-16-9-14(11-25-20(16)29-28-19)13-3-2-7-23-10-13/h2-11H,1H3,(H,24,26,27)(H,25,28,29). The second kappa shape index (κ2) is 6.57.